The molecule has 0 aromatic heterocycles. The van der Waals surface area contributed by atoms with Crippen LogP contribution < -0.4 is 5.32 Å². The van der Waals surface area contributed by atoms with Gasteiger partial charge in [-0.25, -0.2) is 4.79 Å². The van der Waals surface area contributed by atoms with Gasteiger partial charge < -0.3 is 20.1 Å². The Morgan fingerprint density at radius 2 is 1.94 bits per heavy atom. The fourth-order valence-corrected chi connectivity index (χ4v) is 2.19. The summed E-state index contributed by atoms with van der Waals surface area (Å²) in [6, 6.07) is -0.180. The lowest BCUT2D eigenvalue weighted by molar-refractivity contribution is -0.153. The van der Waals surface area contributed by atoms with E-state index in [2.05, 4.69) is 5.32 Å². The highest BCUT2D eigenvalue weighted by molar-refractivity contribution is 5.79. The summed E-state index contributed by atoms with van der Waals surface area (Å²) in [6.07, 6.45) is 2.25. The van der Waals surface area contributed by atoms with Gasteiger partial charge in [0.25, 0.3) is 0 Å². The Morgan fingerprint density at radius 3 is 2.41 bits per heavy atom. The van der Waals surface area contributed by atoms with Gasteiger partial charge in [-0.2, -0.15) is 0 Å². The van der Waals surface area contributed by atoms with Crippen LogP contribution in [-0.4, -0.2) is 54.9 Å². The van der Waals surface area contributed by atoms with Crippen molar-refractivity contribution >= 4 is 12.0 Å². The van der Waals surface area contributed by atoms with Crippen LogP contribution in [-0.2, 0) is 9.53 Å². The number of hydrogen-bond donors (Lipinski definition) is 2. The third-order valence-electron chi connectivity index (χ3n) is 3.64. The van der Waals surface area contributed by atoms with Crippen molar-refractivity contribution in [1.29, 1.82) is 0 Å². The number of nitrogens with zero attached hydrogens (tertiary/aromatic N) is 1. The van der Waals surface area contributed by atoms with E-state index in [0.29, 0.717) is 39.1 Å². The zero-order valence-electron chi connectivity index (χ0n) is 9.78. The van der Waals surface area contributed by atoms with E-state index in [1.807, 2.05) is 0 Å². The molecule has 2 rings (SSSR count). The lowest BCUT2D eigenvalue weighted by atomic mass is 9.69. The standard InChI is InChI=1S/C11H18N2O4/c14-9(15)11(2-1-3-11)8-12-10(16)13-4-6-17-7-5-13/h1-8H2,(H,12,16)(H,14,15). The molecule has 0 aromatic rings. The van der Waals surface area contributed by atoms with Crippen molar-refractivity contribution in [2.75, 3.05) is 32.8 Å². The van der Waals surface area contributed by atoms with Gasteiger partial charge >= 0.3 is 12.0 Å². The van der Waals surface area contributed by atoms with Crippen LogP contribution in [0.3, 0.4) is 0 Å². The van der Waals surface area contributed by atoms with Gasteiger partial charge in [-0.05, 0) is 12.8 Å². The maximum absolute atomic E-state index is 11.8. The van der Waals surface area contributed by atoms with Gasteiger partial charge in [0, 0.05) is 19.6 Å². The number of rotatable bonds is 3. The van der Waals surface area contributed by atoms with Gasteiger partial charge in [0.15, 0.2) is 0 Å². The summed E-state index contributed by atoms with van der Waals surface area (Å²) in [5.41, 5.74) is -0.720. The number of urea groups is 1. The minimum Gasteiger partial charge on any atom is -0.481 e. The molecular formula is C11H18N2O4. The average Bonchev–Trinajstić information content (AvgIpc) is 2.28. The summed E-state index contributed by atoms with van der Waals surface area (Å²) in [6.45, 7) is 2.49. The molecule has 17 heavy (non-hydrogen) atoms. The monoisotopic (exact) mass is 242 g/mol. The Morgan fingerprint density at radius 1 is 1.29 bits per heavy atom. The highest BCUT2D eigenvalue weighted by Crippen LogP contribution is 2.40. The second kappa shape index (κ2) is 4.91. The third-order valence-corrected chi connectivity index (χ3v) is 3.64. The Bertz CT molecular complexity index is 309. The first kappa shape index (κ1) is 12.2. The molecule has 0 bridgehead atoms. The average molecular weight is 242 g/mol. The minimum atomic E-state index is -0.800. The summed E-state index contributed by atoms with van der Waals surface area (Å²) >= 11 is 0. The van der Waals surface area contributed by atoms with Crippen molar-refractivity contribution in [2.24, 2.45) is 5.41 Å². The van der Waals surface area contributed by atoms with Crippen LogP contribution in [0.25, 0.3) is 0 Å². The molecule has 2 fully saturated rings. The van der Waals surface area contributed by atoms with Crippen molar-refractivity contribution in [3.8, 4) is 0 Å². The van der Waals surface area contributed by atoms with E-state index in [4.69, 9.17) is 9.84 Å². The molecule has 1 saturated carbocycles. The molecule has 2 aliphatic rings. The molecule has 0 unspecified atom stereocenters. The molecule has 1 heterocycles. The smallest absolute Gasteiger partial charge is 0.317 e. The van der Waals surface area contributed by atoms with Crippen LogP contribution in [0.5, 0.6) is 0 Å². The van der Waals surface area contributed by atoms with Crippen LogP contribution in [0.4, 0.5) is 4.79 Å². The molecule has 0 spiro atoms. The number of carboxylic acids is 1. The number of nitrogens with one attached hydrogen (secondary N) is 1. The van der Waals surface area contributed by atoms with E-state index < -0.39 is 11.4 Å². The molecule has 2 amide bonds. The first-order valence-corrected chi connectivity index (χ1v) is 5.98. The summed E-state index contributed by atoms with van der Waals surface area (Å²) in [4.78, 5) is 24.5. The first-order valence-electron chi connectivity index (χ1n) is 5.98. The van der Waals surface area contributed by atoms with Gasteiger partial charge in [0.1, 0.15) is 0 Å². The molecule has 6 nitrogen and oxygen atoms in total. The first-order chi connectivity index (χ1) is 8.14. The largest absolute Gasteiger partial charge is 0.481 e. The van der Waals surface area contributed by atoms with E-state index in [0.717, 1.165) is 6.42 Å². The van der Waals surface area contributed by atoms with E-state index in [9.17, 15) is 9.59 Å². The summed E-state index contributed by atoms with van der Waals surface area (Å²) in [5, 5.41) is 11.8. The predicted molar refractivity (Wildman–Crippen MR) is 59.7 cm³/mol. The molecular weight excluding hydrogens is 224 g/mol. The van der Waals surface area contributed by atoms with Crippen molar-refractivity contribution in [3.63, 3.8) is 0 Å². The van der Waals surface area contributed by atoms with E-state index in [1.165, 1.54) is 0 Å². The number of amides is 2. The van der Waals surface area contributed by atoms with Crippen molar-refractivity contribution in [2.45, 2.75) is 19.3 Å². The number of carboxylic acid groups (broad SMARTS) is 1. The Hall–Kier alpha value is -1.30. The van der Waals surface area contributed by atoms with Crippen molar-refractivity contribution in [1.82, 2.24) is 10.2 Å². The van der Waals surface area contributed by atoms with Crippen LogP contribution >= 0.6 is 0 Å². The lowest BCUT2D eigenvalue weighted by Gasteiger charge is -2.38. The number of aliphatic carboxylic acids is 1. The van der Waals surface area contributed by atoms with E-state index in [1.54, 1.807) is 4.90 Å². The van der Waals surface area contributed by atoms with Crippen molar-refractivity contribution < 1.29 is 19.4 Å². The Balaban J connectivity index is 1.80. The molecule has 1 aliphatic heterocycles. The molecule has 96 valence electrons. The molecule has 2 N–H and O–H groups in total. The summed E-state index contributed by atoms with van der Waals surface area (Å²) in [7, 11) is 0. The van der Waals surface area contributed by atoms with Gasteiger partial charge in [0.2, 0.25) is 0 Å². The number of ether oxygens (including phenoxy) is 1. The van der Waals surface area contributed by atoms with E-state index in [-0.39, 0.29) is 12.6 Å². The molecule has 1 saturated heterocycles. The summed E-state index contributed by atoms with van der Waals surface area (Å²) in [5.74, 6) is -0.800. The Labute approximate surface area is 99.9 Å². The quantitative estimate of drug-likeness (QED) is 0.745. The Kier molecular flexibility index (Phi) is 3.51. The molecule has 6 heteroatoms. The van der Waals surface area contributed by atoms with Gasteiger partial charge in [-0.3, -0.25) is 4.79 Å². The molecule has 0 aromatic carbocycles. The number of carbonyl (C=O) groups excluding carboxylic acids is 1. The SMILES string of the molecule is O=C(NCC1(C(=O)O)CCC1)N1CCOCC1. The van der Waals surface area contributed by atoms with Crippen LogP contribution in [0, 0.1) is 5.41 Å². The van der Waals surface area contributed by atoms with Crippen LogP contribution in [0.1, 0.15) is 19.3 Å². The van der Waals surface area contributed by atoms with Gasteiger partial charge in [0.05, 0.1) is 18.6 Å². The normalized spacial score (nSPS) is 22.7. The highest BCUT2D eigenvalue weighted by atomic mass is 16.5. The zero-order valence-corrected chi connectivity index (χ0v) is 9.78. The molecule has 0 radical (unpaired) electrons. The minimum absolute atomic E-state index is 0.180. The molecule has 1 aliphatic carbocycles. The molecule has 0 atom stereocenters. The fourth-order valence-electron chi connectivity index (χ4n) is 2.19. The van der Waals surface area contributed by atoms with Crippen LogP contribution in [0.2, 0.25) is 0 Å². The topological polar surface area (TPSA) is 78.9 Å². The van der Waals surface area contributed by atoms with E-state index >= 15 is 0 Å². The maximum Gasteiger partial charge on any atom is 0.317 e. The summed E-state index contributed by atoms with van der Waals surface area (Å²) < 4.78 is 5.15. The lowest BCUT2D eigenvalue weighted by Crippen LogP contribution is -2.52. The van der Waals surface area contributed by atoms with Gasteiger partial charge in [-0.15, -0.1) is 0 Å². The zero-order chi connectivity index (χ0) is 12.3. The maximum atomic E-state index is 11.8. The highest BCUT2D eigenvalue weighted by Gasteiger charge is 2.44. The third kappa shape index (κ3) is 2.52. The number of hydrogen-bond acceptors (Lipinski definition) is 3. The fraction of sp³-hybridized carbons (Fsp3) is 0.818. The number of morpholine rings is 1. The second-order valence-corrected chi connectivity index (χ2v) is 4.70. The predicted octanol–water partition coefficient (Wildman–Crippen LogP) is 0.283. The van der Waals surface area contributed by atoms with Crippen molar-refractivity contribution in [3.05, 3.63) is 0 Å². The van der Waals surface area contributed by atoms with Crippen LogP contribution in [0.15, 0.2) is 0 Å². The number of carbonyl (C=O) groups is 2. The van der Waals surface area contributed by atoms with Gasteiger partial charge in [-0.1, -0.05) is 6.42 Å². The second-order valence-electron chi connectivity index (χ2n) is 4.70.